The van der Waals surface area contributed by atoms with Crippen LogP contribution in [0, 0.1) is 0 Å². The van der Waals surface area contributed by atoms with Crippen molar-refractivity contribution in [2.24, 2.45) is 0 Å². The van der Waals surface area contributed by atoms with Gasteiger partial charge >= 0.3 is 0 Å². The monoisotopic (exact) mass is 647 g/mol. The van der Waals surface area contributed by atoms with Crippen molar-refractivity contribution in [2.75, 3.05) is 0 Å². The molecule has 0 aliphatic carbocycles. The van der Waals surface area contributed by atoms with Crippen LogP contribution in [-0.4, -0.2) is 14.1 Å². The van der Waals surface area contributed by atoms with Gasteiger partial charge in [-0.1, -0.05) is 127 Å². The number of aromatic nitrogens is 3. The number of fused-ring (bicyclic) bond motifs is 12. The van der Waals surface area contributed by atoms with E-state index < -0.39 is 0 Å². The summed E-state index contributed by atoms with van der Waals surface area (Å²) in [5.41, 5.74) is 9.50. The molecule has 0 saturated heterocycles. The van der Waals surface area contributed by atoms with Crippen LogP contribution in [0.4, 0.5) is 0 Å². The van der Waals surface area contributed by atoms with E-state index in [1.165, 1.54) is 79.6 Å². The highest BCUT2D eigenvalue weighted by Gasteiger charge is 2.23. The van der Waals surface area contributed by atoms with Crippen molar-refractivity contribution >= 4 is 96.7 Å². The first kappa shape index (κ1) is 26.3. The molecule has 224 valence electrons. The molecule has 4 aromatic heterocycles. The van der Waals surface area contributed by atoms with Crippen molar-refractivity contribution in [1.82, 2.24) is 14.1 Å². The van der Waals surface area contributed by atoms with E-state index in [2.05, 4.69) is 161 Å². The van der Waals surface area contributed by atoms with E-state index in [1.807, 2.05) is 11.3 Å². The molecular formula is C43H25N3S2. The molecule has 0 spiro atoms. The Morgan fingerprint density at radius 3 is 1.79 bits per heavy atom. The van der Waals surface area contributed by atoms with Crippen LogP contribution in [0.5, 0.6) is 0 Å². The Bertz CT molecular complexity index is 3050. The summed E-state index contributed by atoms with van der Waals surface area (Å²) in [6, 6.07) is 54.9. The quantitative estimate of drug-likeness (QED) is 0.187. The van der Waals surface area contributed by atoms with Gasteiger partial charge in [-0.3, -0.25) is 4.57 Å². The zero-order chi connectivity index (χ0) is 31.3. The Balaban J connectivity index is 1.27. The van der Waals surface area contributed by atoms with Crippen LogP contribution in [0.25, 0.3) is 95.9 Å². The third kappa shape index (κ3) is 3.55. The van der Waals surface area contributed by atoms with E-state index in [-0.39, 0.29) is 0 Å². The summed E-state index contributed by atoms with van der Waals surface area (Å²) < 4.78 is 8.64. The summed E-state index contributed by atoms with van der Waals surface area (Å²) in [7, 11) is 0. The minimum Gasteiger partial charge on any atom is -0.307 e. The van der Waals surface area contributed by atoms with Gasteiger partial charge in [0.25, 0.3) is 0 Å². The lowest BCUT2D eigenvalue weighted by Crippen LogP contribution is -1.98. The smallest absolute Gasteiger partial charge is 0.195 e. The molecule has 11 rings (SSSR count). The summed E-state index contributed by atoms with van der Waals surface area (Å²) in [6.45, 7) is 0. The Hall–Kier alpha value is -5.75. The first-order chi connectivity index (χ1) is 23.8. The number of rotatable bonds is 3. The van der Waals surface area contributed by atoms with E-state index in [0.29, 0.717) is 0 Å². The van der Waals surface area contributed by atoms with Gasteiger partial charge < -0.3 is 4.57 Å². The fourth-order valence-electron chi connectivity index (χ4n) is 7.75. The number of thiophene rings is 1. The summed E-state index contributed by atoms with van der Waals surface area (Å²) in [5, 5.41) is 8.46. The van der Waals surface area contributed by atoms with Gasteiger partial charge in [0.1, 0.15) is 0 Å². The van der Waals surface area contributed by atoms with E-state index >= 15 is 0 Å². The van der Waals surface area contributed by atoms with Crippen molar-refractivity contribution < 1.29 is 0 Å². The molecule has 0 unspecified atom stereocenters. The maximum atomic E-state index is 5.55. The minimum absolute atomic E-state index is 0.986. The lowest BCUT2D eigenvalue weighted by Gasteiger charge is -2.10. The normalized spacial score (nSPS) is 12.2. The van der Waals surface area contributed by atoms with Gasteiger partial charge in [0.15, 0.2) is 5.13 Å². The molecule has 0 radical (unpaired) electrons. The van der Waals surface area contributed by atoms with E-state index in [4.69, 9.17) is 4.98 Å². The van der Waals surface area contributed by atoms with Crippen molar-refractivity contribution in [3.63, 3.8) is 0 Å². The third-order valence-electron chi connectivity index (χ3n) is 9.77. The van der Waals surface area contributed by atoms with Crippen LogP contribution in [0.2, 0.25) is 0 Å². The lowest BCUT2D eigenvalue weighted by atomic mass is 10.0. The maximum Gasteiger partial charge on any atom is 0.195 e. The molecule has 0 amide bonds. The van der Waals surface area contributed by atoms with Gasteiger partial charge in [-0.2, -0.15) is 0 Å². The summed E-state index contributed by atoms with van der Waals surface area (Å²) >= 11 is 3.64. The second-order valence-corrected chi connectivity index (χ2v) is 14.4. The van der Waals surface area contributed by atoms with Gasteiger partial charge in [0.2, 0.25) is 0 Å². The first-order valence-electron chi connectivity index (χ1n) is 16.1. The van der Waals surface area contributed by atoms with Crippen LogP contribution in [0.15, 0.2) is 152 Å². The van der Waals surface area contributed by atoms with Crippen LogP contribution >= 0.6 is 22.7 Å². The Morgan fingerprint density at radius 1 is 0.438 bits per heavy atom. The van der Waals surface area contributed by atoms with Gasteiger partial charge in [-0.05, 0) is 47.5 Å². The highest BCUT2D eigenvalue weighted by atomic mass is 32.1. The molecule has 7 aromatic carbocycles. The molecule has 0 atom stereocenters. The predicted octanol–water partition coefficient (Wildman–Crippen LogP) is 12.5. The summed E-state index contributed by atoms with van der Waals surface area (Å²) in [5.74, 6) is 0. The predicted molar refractivity (Wildman–Crippen MR) is 207 cm³/mol. The average molecular weight is 648 g/mol. The third-order valence-corrected chi connectivity index (χ3v) is 12.0. The molecule has 48 heavy (non-hydrogen) atoms. The topological polar surface area (TPSA) is 22.8 Å². The molecule has 3 nitrogen and oxygen atoms in total. The van der Waals surface area contributed by atoms with Crippen molar-refractivity contribution in [2.45, 2.75) is 0 Å². The molecule has 5 heteroatoms. The van der Waals surface area contributed by atoms with Crippen LogP contribution in [-0.2, 0) is 0 Å². The van der Waals surface area contributed by atoms with Crippen molar-refractivity contribution in [3.8, 4) is 21.9 Å². The fourth-order valence-corrected chi connectivity index (χ4v) is 9.98. The summed E-state index contributed by atoms with van der Waals surface area (Å²) in [4.78, 5) is 5.55. The highest BCUT2D eigenvalue weighted by Crippen LogP contribution is 2.46. The molecule has 0 N–H and O–H groups in total. The van der Waals surface area contributed by atoms with E-state index in [0.717, 1.165) is 16.3 Å². The highest BCUT2D eigenvalue weighted by molar-refractivity contribution is 7.27. The van der Waals surface area contributed by atoms with Crippen LogP contribution < -0.4 is 0 Å². The van der Waals surface area contributed by atoms with Gasteiger partial charge in [-0.25, -0.2) is 4.98 Å². The molecule has 0 fully saturated rings. The average Bonchev–Trinajstić information content (AvgIpc) is 3.91. The fraction of sp³-hybridized carbons (Fsp3) is 0. The number of nitrogens with zero attached hydrogens (tertiary/aromatic N) is 3. The number of benzene rings is 7. The van der Waals surface area contributed by atoms with Gasteiger partial charge in [-0.15, -0.1) is 11.3 Å². The number of para-hydroxylation sites is 3. The van der Waals surface area contributed by atoms with Crippen LogP contribution in [0.1, 0.15) is 0 Å². The standard InChI is InChI=1S/C43H25N3S2/c1-3-12-26(13-4-1)28-18-11-19-33-38-36(47-42(28)33)24-25-37-39(38)44-43(48-37)46-35-21-10-8-17-30(35)32-23-22-31-29-16-7-9-20-34(29)45(40(31)41(32)46)27-14-5-2-6-15-27/h1-25H. The Labute approximate surface area is 283 Å². The zero-order valence-corrected chi connectivity index (χ0v) is 27.2. The van der Waals surface area contributed by atoms with Crippen LogP contribution in [0.3, 0.4) is 0 Å². The maximum absolute atomic E-state index is 5.55. The summed E-state index contributed by atoms with van der Waals surface area (Å²) in [6.07, 6.45) is 0. The molecule has 0 aliphatic rings. The second kappa shape index (κ2) is 9.88. The molecular weight excluding hydrogens is 623 g/mol. The Morgan fingerprint density at radius 2 is 1.04 bits per heavy atom. The largest absolute Gasteiger partial charge is 0.307 e. The lowest BCUT2D eigenvalue weighted by molar-refractivity contribution is 1.13. The number of thiazole rings is 1. The second-order valence-electron chi connectivity index (χ2n) is 12.3. The minimum atomic E-state index is 0.986. The van der Waals surface area contributed by atoms with Crippen molar-refractivity contribution in [1.29, 1.82) is 0 Å². The first-order valence-corrected chi connectivity index (χ1v) is 17.8. The molecule has 0 saturated carbocycles. The van der Waals surface area contributed by atoms with Crippen molar-refractivity contribution in [3.05, 3.63) is 152 Å². The van der Waals surface area contributed by atoms with E-state index in [1.54, 1.807) is 11.3 Å². The van der Waals surface area contributed by atoms with Gasteiger partial charge in [0.05, 0.1) is 32.3 Å². The number of hydrogen-bond donors (Lipinski definition) is 0. The molecule has 0 bridgehead atoms. The molecule has 4 heterocycles. The molecule has 0 aliphatic heterocycles. The van der Waals surface area contributed by atoms with Gasteiger partial charge in [0, 0.05) is 47.4 Å². The zero-order valence-electron chi connectivity index (χ0n) is 25.6. The number of hydrogen-bond acceptors (Lipinski definition) is 3. The SMILES string of the molecule is c1ccc(-c2cccc3c2sc2ccc4sc(-n5c6ccccc6c6ccc7c8ccccc8n(-c8ccccc8)c7c65)nc4c23)cc1. The van der Waals surface area contributed by atoms with E-state index in [9.17, 15) is 0 Å². The molecule has 11 aromatic rings. The Kier molecular flexibility index (Phi) is 5.42.